The highest BCUT2D eigenvalue weighted by Crippen LogP contribution is 2.15. The fourth-order valence-electron chi connectivity index (χ4n) is 1.61. The number of urea groups is 1. The molecule has 0 bridgehead atoms. The number of aryl methyl sites for hydroxylation is 1. The molecule has 1 heterocycles. The van der Waals surface area contributed by atoms with Crippen molar-refractivity contribution in [1.82, 2.24) is 10.5 Å². The minimum Gasteiger partial charge on any atom is -0.478 e. The van der Waals surface area contributed by atoms with Crippen LogP contribution in [-0.4, -0.2) is 22.3 Å². The van der Waals surface area contributed by atoms with Crippen molar-refractivity contribution in [3.63, 3.8) is 0 Å². The SMILES string of the molecule is Cc1ccc(NC(=O)NCc2ccno2)cc1C(=O)O. The molecule has 1 aromatic carbocycles. The summed E-state index contributed by atoms with van der Waals surface area (Å²) in [4.78, 5) is 22.6. The topological polar surface area (TPSA) is 104 Å². The average molecular weight is 275 g/mol. The number of anilines is 1. The van der Waals surface area contributed by atoms with Gasteiger partial charge in [0.05, 0.1) is 18.3 Å². The Labute approximate surface area is 114 Å². The Kier molecular flexibility index (Phi) is 3.99. The minimum absolute atomic E-state index is 0.151. The normalized spacial score (nSPS) is 10.1. The van der Waals surface area contributed by atoms with Crippen LogP contribution in [0.25, 0.3) is 0 Å². The second kappa shape index (κ2) is 5.87. The molecule has 7 heteroatoms. The number of nitrogens with zero attached hydrogens (tertiary/aromatic N) is 1. The van der Waals surface area contributed by atoms with Crippen molar-refractivity contribution in [3.05, 3.63) is 47.3 Å². The number of rotatable bonds is 4. The number of carboxylic acids is 1. The predicted molar refractivity (Wildman–Crippen MR) is 70.5 cm³/mol. The van der Waals surface area contributed by atoms with Crippen LogP contribution in [0, 0.1) is 6.92 Å². The van der Waals surface area contributed by atoms with E-state index in [9.17, 15) is 9.59 Å². The van der Waals surface area contributed by atoms with Crippen LogP contribution in [-0.2, 0) is 6.54 Å². The van der Waals surface area contributed by atoms with E-state index in [-0.39, 0.29) is 12.1 Å². The Bertz CT molecular complexity index is 623. The molecule has 0 saturated carbocycles. The van der Waals surface area contributed by atoms with Gasteiger partial charge in [-0.3, -0.25) is 0 Å². The van der Waals surface area contributed by atoms with Crippen molar-refractivity contribution in [3.8, 4) is 0 Å². The monoisotopic (exact) mass is 275 g/mol. The predicted octanol–water partition coefficient (Wildman–Crippen LogP) is 2.00. The zero-order chi connectivity index (χ0) is 14.5. The highest BCUT2D eigenvalue weighted by Gasteiger charge is 2.09. The first kappa shape index (κ1) is 13.6. The summed E-state index contributed by atoms with van der Waals surface area (Å²) in [6.45, 7) is 1.89. The lowest BCUT2D eigenvalue weighted by molar-refractivity contribution is 0.0696. The third-order valence-corrected chi connectivity index (χ3v) is 2.64. The van der Waals surface area contributed by atoms with Crippen LogP contribution in [0.1, 0.15) is 21.7 Å². The average Bonchev–Trinajstić information content (AvgIpc) is 2.91. The van der Waals surface area contributed by atoms with E-state index in [2.05, 4.69) is 15.8 Å². The van der Waals surface area contributed by atoms with Gasteiger partial charge in [-0.15, -0.1) is 0 Å². The summed E-state index contributed by atoms with van der Waals surface area (Å²) in [6.07, 6.45) is 1.48. The van der Waals surface area contributed by atoms with E-state index in [0.717, 1.165) is 0 Å². The van der Waals surface area contributed by atoms with Crippen molar-refractivity contribution >= 4 is 17.7 Å². The van der Waals surface area contributed by atoms with Crippen molar-refractivity contribution < 1.29 is 19.2 Å². The van der Waals surface area contributed by atoms with Gasteiger partial charge in [0, 0.05) is 11.8 Å². The van der Waals surface area contributed by atoms with Crippen molar-refractivity contribution in [1.29, 1.82) is 0 Å². The van der Waals surface area contributed by atoms with Crippen LogP contribution in [0.15, 0.2) is 35.0 Å². The number of nitrogens with one attached hydrogen (secondary N) is 2. The molecule has 1 aromatic heterocycles. The summed E-state index contributed by atoms with van der Waals surface area (Å²) < 4.78 is 4.83. The van der Waals surface area contributed by atoms with E-state index in [1.54, 1.807) is 25.1 Å². The second-order valence-corrected chi connectivity index (χ2v) is 4.12. The van der Waals surface area contributed by atoms with E-state index in [1.165, 1.54) is 12.3 Å². The largest absolute Gasteiger partial charge is 0.478 e. The molecule has 7 nitrogen and oxygen atoms in total. The summed E-state index contributed by atoms with van der Waals surface area (Å²) in [5.74, 6) is -0.511. The molecule has 104 valence electrons. The zero-order valence-corrected chi connectivity index (χ0v) is 10.7. The fraction of sp³-hybridized carbons (Fsp3) is 0.154. The van der Waals surface area contributed by atoms with Crippen molar-refractivity contribution in [2.24, 2.45) is 0 Å². The van der Waals surface area contributed by atoms with Gasteiger partial charge in [0.2, 0.25) is 0 Å². The maximum Gasteiger partial charge on any atom is 0.336 e. The lowest BCUT2D eigenvalue weighted by atomic mass is 10.1. The van der Waals surface area contributed by atoms with E-state index in [0.29, 0.717) is 17.0 Å². The van der Waals surface area contributed by atoms with Crippen LogP contribution < -0.4 is 10.6 Å². The molecule has 20 heavy (non-hydrogen) atoms. The number of hydrogen-bond donors (Lipinski definition) is 3. The molecule has 0 atom stereocenters. The first-order valence-corrected chi connectivity index (χ1v) is 5.84. The Balaban J connectivity index is 1.97. The molecule has 0 unspecified atom stereocenters. The standard InChI is InChI=1S/C13H13N3O4/c1-8-2-3-9(6-11(8)12(17)18)16-13(19)14-7-10-4-5-15-20-10/h2-6H,7H2,1H3,(H,17,18)(H2,14,16,19). The molecule has 0 aliphatic heterocycles. The molecule has 0 aliphatic carbocycles. The van der Waals surface area contributed by atoms with Gasteiger partial charge in [0.25, 0.3) is 0 Å². The Morgan fingerprint density at radius 2 is 2.15 bits per heavy atom. The molecule has 3 N–H and O–H groups in total. The number of benzene rings is 1. The van der Waals surface area contributed by atoms with Gasteiger partial charge in [-0.1, -0.05) is 11.2 Å². The molecule has 0 fully saturated rings. The van der Waals surface area contributed by atoms with E-state index >= 15 is 0 Å². The zero-order valence-electron chi connectivity index (χ0n) is 10.7. The van der Waals surface area contributed by atoms with Gasteiger partial charge in [0.15, 0.2) is 5.76 Å². The molecule has 0 aliphatic rings. The Morgan fingerprint density at radius 1 is 1.35 bits per heavy atom. The smallest absolute Gasteiger partial charge is 0.336 e. The van der Waals surface area contributed by atoms with Gasteiger partial charge < -0.3 is 20.3 Å². The molecule has 0 saturated heterocycles. The number of aromatic nitrogens is 1. The third-order valence-electron chi connectivity index (χ3n) is 2.64. The lowest BCUT2D eigenvalue weighted by Crippen LogP contribution is -2.28. The summed E-state index contributed by atoms with van der Waals surface area (Å²) in [5.41, 5.74) is 1.19. The van der Waals surface area contributed by atoms with Crippen LogP contribution in [0.3, 0.4) is 0 Å². The quantitative estimate of drug-likeness (QED) is 0.791. The van der Waals surface area contributed by atoms with Crippen molar-refractivity contribution in [2.45, 2.75) is 13.5 Å². The Hall–Kier alpha value is -2.83. The number of carbonyl (C=O) groups is 2. The number of hydrogen-bond acceptors (Lipinski definition) is 4. The first-order valence-electron chi connectivity index (χ1n) is 5.84. The third kappa shape index (κ3) is 3.35. The number of amides is 2. The number of carbonyl (C=O) groups excluding carboxylic acids is 1. The van der Waals surface area contributed by atoms with E-state index in [1.807, 2.05) is 0 Å². The minimum atomic E-state index is -1.03. The van der Waals surface area contributed by atoms with Crippen LogP contribution >= 0.6 is 0 Å². The molecule has 2 aromatic rings. The second-order valence-electron chi connectivity index (χ2n) is 4.12. The van der Waals surface area contributed by atoms with Gasteiger partial charge >= 0.3 is 12.0 Å². The van der Waals surface area contributed by atoms with E-state index in [4.69, 9.17) is 9.63 Å². The summed E-state index contributed by atoms with van der Waals surface area (Å²) in [7, 11) is 0. The van der Waals surface area contributed by atoms with Gasteiger partial charge in [-0.25, -0.2) is 9.59 Å². The van der Waals surface area contributed by atoms with Gasteiger partial charge in [-0.05, 0) is 24.6 Å². The molecule has 2 rings (SSSR count). The molecular weight excluding hydrogens is 262 g/mol. The van der Waals surface area contributed by atoms with Crippen LogP contribution in [0.2, 0.25) is 0 Å². The maximum absolute atomic E-state index is 11.6. The van der Waals surface area contributed by atoms with Crippen molar-refractivity contribution in [2.75, 3.05) is 5.32 Å². The highest BCUT2D eigenvalue weighted by molar-refractivity contribution is 5.94. The highest BCUT2D eigenvalue weighted by atomic mass is 16.5. The molecule has 0 spiro atoms. The summed E-state index contributed by atoms with van der Waals surface area (Å²) in [6, 6.07) is 5.85. The van der Waals surface area contributed by atoms with Gasteiger partial charge in [-0.2, -0.15) is 0 Å². The maximum atomic E-state index is 11.6. The summed E-state index contributed by atoms with van der Waals surface area (Å²) in [5, 5.41) is 17.6. The Morgan fingerprint density at radius 3 is 2.80 bits per heavy atom. The lowest BCUT2D eigenvalue weighted by Gasteiger charge is -2.08. The molecule has 2 amide bonds. The molecule has 0 radical (unpaired) electrons. The first-order chi connectivity index (χ1) is 9.56. The fourth-order valence-corrected chi connectivity index (χ4v) is 1.61. The molecular formula is C13H13N3O4. The number of aromatic carboxylic acids is 1. The summed E-state index contributed by atoms with van der Waals surface area (Å²) >= 11 is 0. The van der Waals surface area contributed by atoms with Crippen LogP contribution in [0.5, 0.6) is 0 Å². The number of carboxylic acid groups (broad SMARTS) is 1. The van der Waals surface area contributed by atoms with Crippen LogP contribution in [0.4, 0.5) is 10.5 Å². The van der Waals surface area contributed by atoms with Gasteiger partial charge in [0.1, 0.15) is 0 Å². The van der Waals surface area contributed by atoms with E-state index < -0.39 is 12.0 Å².